The number of nitrogens with one attached hydrogen (secondary N) is 2. The fraction of sp³-hybridized carbons (Fsp3) is 0.188. The highest BCUT2D eigenvalue weighted by molar-refractivity contribution is 6.04. The lowest BCUT2D eigenvalue weighted by Gasteiger charge is -2.08. The minimum atomic E-state index is -4.55. The molecule has 5 nitrogen and oxygen atoms in total. The second kappa shape index (κ2) is 7.12. The Morgan fingerprint density at radius 2 is 1.75 bits per heavy atom. The standard InChI is InChI=1S/C16H14F3N3O2/c1-20-14(23)8-10-2-5-12(6-3-10)22-15(24)11-4-7-13(21-9-11)16(17,18)19/h2-7,9H,8H2,1H3,(H,20,23)(H,22,24). The number of aromatic nitrogens is 1. The van der Waals surface area contributed by atoms with E-state index in [1.807, 2.05) is 0 Å². The van der Waals surface area contributed by atoms with Gasteiger partial charge in [0, 0.05) is 18.9 Å². The Kier molecular flexibility index (Phi) is 5.18. The first-order chi connectivity index (χ1) is 11.3. The van der Waals surface area contributed by atoms with Gasteiger partial charge >= 0.3 is 6.18 Å². The predicted octanol–water partition coefficient (Wildman–Crippen LogP) is 2.64. The number of anilines is 1. The monoisotopic (exact) mass is 337 g/mol. The fourth-order valence-electron chi connectivity index (χ4n) is 1.88. The van der Waals surface area contributed by atoms with Crippen molar-refractivity contribution in [2.75, 3.05) is 12.4 Å². The Labute approximate surface area is 135 Å². The maximum atomic E-state index is 12.4. The molecule has 1 aromatic carbocycles. The number of benzene rings is 1. The van der Waals surface area contributed by atoms with E-state index in [0.717, 1.165) is 23.9 Å². The summed E-state index contributed by atoms with van der Waals surface area (Å²) in [6.45, 7) is 0. The van der Waals surface area contributed by atoms with Gasteiger partial charge in [0.05, 0.1) is 12.0 Å². The molecule has 2 N–H and O–H groups in total. The van der Waals surface area contributed by atoms with E-state index in [2.05, 4.69) is 15.6 Å². The van der Waals surface area contributed by atoms with Crippen molar-refractivity contribution in [3.63, 3.8) is 0 Å². The molecule has 2 rings (SSSR count). The Balaban J connectivity index is 2.03. The maximum absolute atomic E-state index is 12.4. The average Bonchev–Trinajstić information content (AvgIpc) is 2.55. The number of carbonyl (C=O) groups excluding carboxylic acids is 2. The summed E-state index contributed by atoms with van der Waals surface area (Å²) in [4.78, 5) is 26.5. The van der Waals surface area contributed by atoms with E-state index >= 15 is 0 Å². The summed E-state index contributed by atoms with van der Waals surface area (Å²) in [6, 6.07) is 8.37. The molecule has 1 aromatic heterocycles. The van der Waals surface area contributed by atoms with Gasteiger partial charge in [0.1, 0.15) is 5.69 Å². The van der Waals surface area contributed by atoms with Gasteiger partial charge in [-0.2, -0.15) is 13.2 Å². The van der Waals surface area contributed by atoms with Gasteiger partial charge in [-0.3, -0.25) is 14.6 Å². The van der Waals surface area contributed by atoms with Crippen LogP contribution in [0.4, 0.5) is 18.9 Å². The van der Waals surface area contributed by atoms with Crippen molar-refractivity contribution in [3.8, 4) is 0 Å². The molecule has 24 heavy (non-hydrogen) atoms. The summed E-state index contributed by atoms with van der Waals surface area (Å²) >= 11 is 0. The molecular weight excluding hydrogens is 323 g/mol. The third-order valence-electron chi connectivity index (χ3n) is 3.17. The largest absolute Gasteiger partial charge is 0.433 e. The van der Waals surface area contributed by atoms with Crippen LogP contribution in [0.15, 0.2) is 42.6 Å². The first kappa shape index (κ1) is 17.5. The number of halogens is 3. The number of amides is 2. The molecule has 0 aliphatic rings. The fourth-order valence-corrected chi connectivity index (χ4v) is 1.88. The summed E-state index contributed by atoms with van der Waals surface area (Å²) < 4.78 is 37.3. The van der Waals surface area contributed by atoms with E-state index in [-0.39, 0.29) is 17.9 Å². The molecule has 0 atom stereocenters. The topological polar surface area (TPSA) is 71.1 Å². The number of alkyl halides is 3. The van der Waals surface area contributed by atoms with E-state index < -0.39 is 17.8 Å². The highest BCUT2D eigenvalue weighted by Gasteiger charge is 2.32. The number of nitrogens with zero attached hydrogens (tertiary/aromatic N) is 1. The minimum absolute atomic E-state index is 0.0115. The number of rotatable bonds is 4. The van der Waals surface area contributed by atoms with Gasteiger partial charge in [0.25, 0.3) is 5.91 Å². The average molecular weight is 337 g/mol. The van der Waals surface area contributed by atoms with Crippen molar-refractivity contribution < 1.29 is 22.8 Å². The summed E-state index contributed by atoms with van der Waals surface area (Å²) in [5, 5.41) is 5.05. The lowest BCUT2D eigenvalue weighted by molar-refractivity contribution is -0.141. The molecule has 0 saturated heterocycles. The van der Waals surface area contributed by atoms with Gasteiger partial charge in [-0.15, -0.1) is 0 Å². The molecule has 126 valence electrons. The van der Waals surface area contributed by atoms with Crippen molar-refractivity contribution in [1.82, 2.24) is 10.3 Å². The van der Waals surface area contributed by atoms with E-state index in [0.29, 0.717) is 5.69 Å². The number of carbonyl (C=O) groups is 2. The van der Waals surface area contributed by atoms with Crippen molar-refractivity contribution in [3.05, 3.63) is 59.4 Å². The van der Waals surface area contributed by atoms with Crippen molar-refractivity contribution >= 4 is 17.5 Å². The van der Waals surface area contributed by atoms with Crippen molar-refractivity contribution in [1.29, 1.82) is 0 Å². The molecule has 0 aliphatic heterocycles. The molecule has 2 amide bonds. The number of hydrogen-bond donors (Lipinski definition) is 2. The van der Waals surface area contributed by atoms with Crippen LogP contribution < -0.4 is 10.6 Å². The smallest absolute Gasteiger partial charge is 0.359 e. The molecule has 0 bridgehead atoms. The van der Waals surface area contributed by atoms with Gasteiger partial charge in [0.2, 0.25) is 5.91 Å². The molecule has 0 aliphatic carbocycles. The van der Waals surface area contributed by atoms with Crippen LogP contribution in [0.25, 0.3) is 0 Å². The zero-order valence-corrected chi connectivity index (χ0v) is 12.6. The van der Waals surface area contributed by atoms with Gasteiger partial charge in [-0.05, 0) is 29.8 Å². The summed E-state index contributed by atoms with van der Waals surface area (Å²) in [6.07, 6.45) is -3.46. The molecule has 1 heterocycles. The molecule has 0 spiro atoms. The first-order valence-electron chi connectivity index (χ1n) is 6.93. The summed E-state index contributed by atoms with van der Waals surface area (Å²) in [5.41, 5.74) is 0.180. The molecule has 2 aromatic rings. The van der Waals surface area contributed by atoms with Crippen molar-refractivity contribution in [2.24, 2.45) is 0 Å². The van der Waals surface area contributed by atoms with E-state index in [1.165, 1.54) is 7.05 Å². The molecule has 0 fully saturated rings. The Morgan fingerprint density at radius 3 is 2.25 bits per heavy atom. The van der Waals surface area contributed by atoms with Gasteiger partial charge in [-0.25, -0.2) is 0 Å². The lowest BCUT2D eigenvalue weighted by atomic mass is 10.1. The van der Waals surface area contributed by atoms with Crippen LogP contribution >= 0.6 is 0 Å². The van der Waals surface area contributed by atoms with Crippen LogP contribution in [0, 0.1) is 0 Å². The van der Waals surface area contributed by atoms with Crippen LogP contribution in [0.1, 0.15) is 21.6 Å². The predicted molar refractivity (Wildman–Crippen MR) is 81.4 cm³/mol. The Hall–Kier alpha value is -2.90. The van der Waals surface area contributed by atoms with Crippen LogP contribution in [-0.4, -0.2) is 23.8 Å². The number of pyridine rings is 1. The summed E-state index contributed by atoms with van der Waals surface area (Å²) in [7, 11) is 1.54. The molecular formula is C16H14F3N3O2. The second-order valence-electron chi connectivity index (χ2n) is 4.93. The number of hydrogen-bond acceptors (Lipinski definition) is 3. The highest BCUT2D eigenvalue weighted by atomic mass is 19.4. The van der Waals surface area contributed by atoms with E-state index in [1.54, 1.807) is 24.3 Å². The van der Waals surface area contributed by atoms with Crippen LogP contribution in [0.3, 0.4) is 0 Å². The van der Waals surface area contributed by atoms with Crippen LogP contribution in [0.2, 0.25) is 0 Å². The molecule has 0 saturated carbocycles. The lowest BCUT2D eigenvalue weighted by Crippen LogP contribution is -2.19. The van der Waals surface area contributed by atoms with E-state index in [4.69, 9.17) is 0 Å². The van der Waals surface area contributed by atoms with Gasteiger partial charge in [0.15, 0.2) is 0 Å². The zero-order chi connectivity index (χ0) is 17.7. The summed E-state index contributed by atoms with van der Waals surface area (Å²) in [5.74, 6) is -0.710. The van der Waals surface area contributed by atoms with Crippen molar-refractivity contribution in [2.45, 2.75) is 12.6 Å². The van der Waals surface area contributed by atoms with Gasteiger partial charge in [-0.1, -0.05) is 12.1 Å². The molecule has 0 unspecified atom stereocenters. The third-order valence-corrected chi connectivity index (χ3v) is 3.17. The number of likely N-dealkylation sites (N-methyl/N-ethyl adjacent to an activating group) is 1. The van der Waals surface area contributed by atoms with E-state index in [9.17, 15) is 22.8 Å². The Bertz CT molecular complexity index is 726. The molecule has 0 radical (unpaired) electrons. The van der Waals surface area contributed by atoms with Crippen LogP contribution in [-0.2, 0) is 17.4 Å². The quantitative estimate of drug-likeness (QED) is 0.901. The highest BCUT2D eigenvalue weighted by Crippen LogP contribution is 2.27. The normalized spacial score (nSPS) is 11.0. The zero-order valence-electron chi connectivity index (χ0n) is 12.6. The molecule has 8 heteroatoms. The third kappa shape index (κ3) is 4.55. The maximum Gasteiger partial charge on any atom is 0.433 e. The Morgan fingerprint density at radius 1 is 1.08 bits per heavy atom. The minimum Gasteiger partial charge on any atom is -0.359 e. The SMILES string of the molecule is CNC(=O)Cc1ccc(NC(=O)c2ccc(C(F)(F)F)nc2)cc1. The second-order valence-corrected chi connectivity index (χ2v) is 4.93. The first-order valence-corrected chi connectivity index (χ1v) is 6.93. The van der Waals surface area contributed by atoms with Crippen LogP contribution in [0.5, 0.6) is 0 Å². The van der Waals surface area contributed by atoms with Gasteiger partial charge < -0.3 is 10.6 Å².